The molecule has 4 aromatic rings. The Morgan fingerprint density at radius 1 is 1.17 bits per heavy atom. The first-order valence-corrected chi connectivity index (χ1v) is 7.58. The van der Waals surface area contributed by atoms with Crippen LogP contribution in [0.2, 0.25) is 0 Å². The van der Waals surface area contributed by atoms with Crippen LogP contribution in [0.4, 0.5) is 0 Å². The second-order valence-corrected chi connectivity index (χ2v) is 5.41. The van der Waals surface area contributed by atoms with Gasteiger partial charge in [0.25, 0.3) is 5.91 Å². The third kappa shape index (κ3) is 2.40. The van der Waals surface area contributed by atoms with Crippen LogP contribution < -0.4 is 5.32 Å². The molecule has 0 bridgehead atoms. The molecule has 24 heavy (non-hydrogen) atoms. The molecule has 0 radical (unpaired) electrons. The molecule has 0 atom stereocenters. The molecule has 7 nitrogen and oxygen atoms in total. The van der Waals surface area contributed by atoms with E-state index in [-0.39, 0.29) is 19.1 Å². The summed E-state index contributed by atoms with van der Waals surface area (Å²) >= 11 is 0. The monoisotopic (exact) mass is 321 g/mol. The van der Waals surface area contributed by atoms with Crippen LogP contribution in [0.5, 0.6) is 0 Å². The first kappa shape index (κ1) is 14.4. The number of benzene rings is 2. The molecule has 2 heterocycles. The van der Waals surface area contributed by atoms with Gasteiger partial charge in [0.05, 0.1) is 23.2 Å². The number of aliphatic hydroxyl groups excluding tert-OH is 1. The number of H-pyrrole nitrogens is 2. The van der Waals surface area contributed by atoms with Gasteiger partial charge >= 0.3 is 0 Å². The number of aromatic nitrogens is 4. The number of aliphatic hydroxyl groups is 1. The number of aromatic amines is 2. The van der Waals surface area contributed by atoms with E-state index in [2.05, 4.69) is 25.5 Å². The highest BCUT2D eigenvalue weighted by molar-refractivity contribution is 6.00. The van der Waals surface area contributed by atoms with Gasteiger partial charge in [-0.05, 0) is 30.3 Å². The highest BCUT2D eigenvalue weighted by Crippen LogP contribution is 2.26. The van der Waals surface area contributed by atoms with Crippen molar-refractivity contribution in [2.45, 2.75) is 0 Å². The van der Waals surface area contributed by atoms with Gasteiger partial charge in [-0.1, -0.05) is 12.1 Å². The molecule has 0 aliphatic rings. The summed E-state index contributed by atoms with van der Waals surface area (Å²) in [7, 11) is 0. The minimum Gasteiger partial charge on any atom is -0.395 e. The summed E-state index contributed by atoms with van der Waals surface area (Å²) in [5.74, 6) is 0.450. The topological polar surface area (TPSA) is 107 Å². The van der Waals surface area contributed by atoms with E-state index in [1.165, 1.54) is 0 Å². The van der Waals surface area contributed by atoms with Crippen LogP contribution in [-0.2, 0) is 0 Å². The van der Waals surface area contributed by atoms with Crippen molar-refractivity contribution in [3.63, 3.8) is 0 Å². The molecule has 1 amide bonds. The van der Waals surface area contributed by atoms with Gasteiger partial charge in [0, 0.05) is 17.5 Å². The number of carbonyl (C=O) groups excluding carboxylic acids is 1. The van der Waals surface area contributed by atoms with Crippen molar-refractivity contribution >= 4 is 27.8 Å². The number of fused-ring (bicyclic) bond motifs is 2. The van der Waals surface area contributed by atoms with E-state index in [1.807, 2.05) is 30.3 Å². The Labute approximate surface area is 136 Å². The van der Waals surface area contributed by atoms with Crippen molar-refractivity contribution in [3.05, 3.63) is 48.0 Å². The Balaban J connectivity index is 1.73. The van der Waals surface area contributed by atoms with Crippen LogP contribution in [-0.4, -0.2) is 44.3 Å². The van der Waals surface area contributed by atoms with Gasteiger partial charge in [-0.2, -0.15) is 5.10 Å². The summed E-state index contributed by atoms with van der Waals surface area (Å²) in [6.45, 7) is 0.137. The molecule has 0 saturated carbocycles. The van der Waals surface area contributed by atoms with Crippen LogP contribution in [0, 0.1) is 0 Å². The number of nitrogens with one attached hydrogen (secondary N) is 3. The predicted molar refractivity (Wildman–Crippen MR) is 90.6 cm³/mol. The van der Waals surface area contributed by atoms with Gasteiger partial charge < -0.3 is 15.4 Å². The molecule has 4 N–H and O–H groups in total. The molecule has 0 unspecified atom stereocenters. The lowest BCUT2D eigenvalue weighted by atomic mass is 10.1. The second-order valence-electron chi connectivity index (χ2n) is 5.41. The number of carbonyl (C=O) groups is 1. The van der Waals surface area contributed by atoms with E-state index in [9.17, 15) is 4.79 Å². The molecular formula is C17H15N5O2. The molecule has 4 rings (SSSR count). The normalized spacial score (nSPS) is 11.2. The highest BCUT2D eigenvalue weighted by Gasteiger charge is 2.14. The molecule has 0 aliphatic carbocycles. The number of hydrogen-bond acceptors (Lipinski definition) is 4. The van der Waals surface area contributed by atoms with Gasteiger partial charge in [0.2, 0.25) is 0 Å². The van der Waals surface area contributed by atoms with Gasteiger partial charge in [-0.3, -0.25) is 9.89 Å². The first-order chi connectivity index (χ1) is 11.8. The van der Waals surface area contributed by atoms with Crippen molar-refractivity contribution in [1.29, 1.82) is 0 Å². The van der Waals surface area contributed by atoms with E-state index < -0.39 is 0 Å². The summed E-state index contributed by atoms with van der Waals surface area (Å²) < 4.78 is 0. The first-order valence-electron chi connectivity index (χ1n) is 7.58. The third-order valence-electron chi connectivity index (χ3n) is 3.84. The molecule has 120 valence electrons. The molecular weight excluding hydrogens is 306 g/mol. The zero-order chi connectivity index (χ0) is 16.5. The zero-order valence-corrected chi connectivity index (χ0v) is 12.7. The Kier molecular flexibility index (Phi) is 3.47. The Hall–Kier alpha value is -3.19. The lowest BCUT2D eigenvalue weighted by Crippen LogP contribution is -2.26. The second kappa shape index (κ2) is 5.78. The maximum absolute atomic E-state index is 12.0. The Bertz CT molecular complexity index is 1000. The lowest BCUT2D eigenvalue weighted by Gasteiger charge is -2.03. The molecule has 0 aliphatic heterocycles. The SMILES string of the molecule is O=C(NCCO)c1ccc2c(-c3nc4ccccc4[nH]3)n[nH]c2c1. The molecule has 7 heteroatoms. The summed E-state index contributed by atoms with van der Waals surface area (Å²) in [6, 6.07) is 13.1. The van der Waals surface area contributed by atoms with Gasteiger partial charge in [0.1, 0.15) is 5.69 Å². The van der Waals surface area contributed by atoms with E-state index >= 15 is 0 Å². The molecule has 0 saturated heterocycles. The number of nitrogens with zero attached hydrogens (tertiary/aromatic N) is 2. The largest absolute Gasteiger partial charge is 0.395 e. The van der Waals surface area contributed by atoms with E-state index in [0.29, 0.717) is 17.1 Å². The van der Waals surface area contributed by atoms with Crippen molar-refractivity contribution in [2.75, 3.05) is 13.2 Å². The van der Waals surface area contributed by atoms with E-state index in [1.54, 1.807) is 12.1 Å². The molecule has 0 spiro atoms. The van der Waals surface area contributed by atoms with Gasteiger partial charge in [-0.25, -0.2) is 4.98 Å². The van der Waals surface area contributed by atoms with Gasteiger partial charge in [-0.15, -0.1) is 0 Å². The Morgan fingerprint density at radius 3 is 2.88 bits per heavy atom. The maximum atomic E-state index is 12.0. The van der Waals surface area contributed by atoms with Crippen molar-refractivity contribution in [1.82, 2.24) is 25.5 Å². The minimum atomic E-state index is -0.231. The third-order valence-corrected chi connectivity index (χ3v) is 3.84. The zero-order valence-electron chi connectivity index (χ0n) is 12.7. The fourth-order valence-electron chi connectivity index (χ4n) is 2.68. The van der Waals surface area contributed by atoms with Crippen molar-refractivity contribution in [3.8, 4) is 11.5 Å². The summed E-state index contributed by atoms with van der Waals surface area (Å²) in [5, 5.41) is 19.6. The summed E-state index contributed by atoms with van der Waals surface area (Å²) in [6.07, 6.45) is 0. The Morgan fingerprint density at radius 2 is 2.04 bits per heavy atom. The fourth-order valence-corrected chi connectivity index (χ4v) is 2.68. The molecule has 0 fully saturated rings. The highest BCUT2D eigenvalue weighted by atomic mass is 16.3. The number of para-hydroxylation sites is 2. The maximum Gasteiger partial charge on any atom is 0.251 e. The van der Waals surface area contributed by atoms with Crippen molar-refractivity contribution < 1.29 is 9.90 Å². The van der Waals surface area contributed by atoms with Gasteiger partial charge in [0.15, 0.2) is 5.82 Å². The van der Waals surface area contributed by atoms with E-state index in [4.69, 9.17) is 5.11 Å². The number of hydrogen-bond donors (Lipinski definition) is 4. The van der Waals surface area contributed by atoms with Crippen molar-refractivity contribution in [2.24, 2.45) is 0 Å². The van der Waals surface area contributed by atoms with Crippen LogP contribution in [0.15, 0.2) is 42.5 Å². The van der Waals surface area contributed by atoms with Crippen LogP contribution >= 0.6 is 0 Å². The quantitative estimate of drug-likeness (QED) is 0.460. The number of rotatable bonds is 4. The summed E-state index contributed by atoms with van der Waals surface area (Å²) in [4.78, 5) is 19.8. The average Bonchev–Trinajstić information content (AvgIpc) is 3.22. The summed E-state index contributed by atoms with van der Waals surface area (Å²) in [5.41, 5.74) is 3.80. The number of imidazole rings is 1. The van der Waals surface area contributed by atoms with Crippen LogP contribution in [0.1, 0.15) is 10.4 Å². The standard InChI is InChI=1S/C17H15N5O2/c23-8-7-18-17(24)10-5-6-11-14(9-10)21-22-15(11)16-19-12-3-1-2-4-13(12)20-16/h1-6,9,23H,7-8H2,(H,18,24)(H,19,20)(H,21,22). The van der Waals surface area contributed by atoms with Crippen LogP contribution in [0.3, 0.4) is 0 Å². The predicted octanol–water partition coefficient (Wildman–Crippen LogP) is 1.83. The fraction of sp³-hybridized carbons (Fsp3) is 0.118. The number of amides is 1. The molecule has 2 aromatic heterocycles. The van der Waals surface area contributed by atoms with E-state index in [0.717, 1.165) is 21.9 Å². The molecule has 2 aromatic carbocycles. The minimum absolute atomic E-state index is 0.0890. The average molecular weight is 321 g/mol. The lowest BCUT2D eigenvalue weighted by molar-refractivity contribution is 0.0945. The smallest absolute Gasteiger partial charge is 0.251 e. The van der Waals surface area contributed by atoms with Crippen LogP contribution in [0.25, 0.3) is 33.5 Å².